The van der Waals surface area contributed by atoms with Crippen LogP contribution in [0.3, 0.4) is 0 Å². The maximum absolute atomic E-state index is 12.4. The van der Waals surface area contributed by atoms with E-state index in [1.54, 1.807) is 11.8 Å². The molecular formula is C17H25NOS. The molecule has 0 saturated carbocycles. The molecular weight excluding hydrogens is 266 g/mol. The van der Waals surface area contributed by atoms with Gasteiger partial charge < -0.3 is 4.90 Å². The molecule has 1 fully saturated rings. The summed E-state index contributed by atoms with van der Waals surface area (Å²) in [6, 6.07) is 6.91. The monoisotopic (exact) mass is 291 g/mol. The molecule has 3 heteroatoms. The Morgan fingerprint density at radius 2 is 2.15 bits per heavy atom. The van der Waals surface area contributed by atoms with E-state index in [1.165, 1.54) is 28.9 Å². The lowest BCUT2D eigenvalue weighted by Crippen LogP contribution is -2.44. The van der Waals surface area contributed by atoms with Gasteiger partial charge in [-0.2, -0.15) is 0 Å². The number of carbonyl (C=O) groups excluding carboxylic acids is 1. The minimum atomic E-state index is 0.308. The van der Waals surface area contributed by atoms with Crippen molar-refractivity contribution in [2.45, 2.75) is 57.4 Å². The number of hydrogen-bond donors (Lipinski definition) is 0. The summed E-state index contributed by atoms with van der Waals surface area (Å²) in [5.41, 5.74) is 2.52. The van der Waals surface area contributed by atoms with Gasteiger partial charge in [0, 0.05) is 17.5 Å². The van der Waals surface area contributed by atoms with Crippen LogP contribution < -0.4 is 0 Å². The predicted octanol–water partition coefficient (Wildman–Crippen LogP) is 4.19. The fourth-order valence-electron chi connectivity index (χ4n) is 2.84. The fourth-order valence-corrected chi connectivity index (χ4v) is 3.85. The first-order valence-electron chi connectivity index (χ1n) is 7.61. The minimum absolute atomic E-state index is 0.308. The molecule has 2 nitrogen and oxygen atoms in total. The minimum Gasteiger partial charge on any atom is -0.339 e. The van der Waals surface area contributed by atoms with Crippen LogP contribution in [0.15, 0.2) is 23.1 Å². The summed E-state index contributed by atoms with van der Waals surface area (Å²) < 4.78 is 0. The number of thioether (sulfide) groups is 1. The van der Waals surface area contributed by atoms with E-state index in [0.29, 0.717) is 17.7 Å². The average Bonchev–Trinajstić information content (AvgIpc) is 2.47. The van der Waals surface area contributed by atoms with Gasteiger partial charge in [-0.15, -0.1) is 11.8 Å². The van der Waals surface area contributed by atoms with E-state index >= 15 is 0 Å². The summed E-state index contributed by atoms with van der Waals surface area (Å²) in [5, 5.41) is 0. The molecule has 20 heavy (non-hydrogen) atoms. The molecule has 0 bridgehead atoms. The summed E-state index contributed by atoms with van der Waals surface area (Å²) in [6.07, 6.45) is 4.69. The smallest absolute Gasteiger partial charge is 0.233 e. The Labute approximate surface area is 126 Å². The molecule has 1 heterocycles. The van der Waals surface area contributed by atoms with Crippen molar-refractivity contribution in [3.05, 3.63) is 29.3 Å². The lowest BCUT2D eigenvalue weighted by molar-refractivity contribution is -0.132. The summed E-state index contributed by atoms with van der Waals surface area (Å²) >= 11 is 1.68. The number of benzene rings is 1. The van der Waals surface area contributed by atoms with E-state index < -0.39 is 0 Å². The predicted molar refractivity (Wildman–Crippen MR) is 86.3 cm³/mol. The molecule has 1 aliphatic rings. The number of piperidine rings is 1. The van der Waals surface area contributed by atoms with E-state index in [9.17, 15) is 4.79 Å². The second kappa shape index (κ2) is 7.16. The highest BCUT2D eigenvalue weighted by atomic mass is 32.2. The highest BCUT2D eigenvalue weighted by Crippen LogP contribution is 2.26. The maximum Gasteiger partial charge on any atom is 0.233 e. The van der Waals surface area contributed by atoms with Gasteiger partial charge in [0.1, 0.15) is 0 Å². The van der Waals surface area contributed by atoms with Gasteiger partial charge in [0.15, 0.2) is 0 Å². The SMILES string of the molecule is CCC1CCCCN1C(=O)CSc1cc(C)ccc1C. The topological polar surface area (TPSA) is 20.3 Å². The second-order valence-electron chi connectivity index (χ2n) is 5.70. The van der Waals surface area contributed by atoms with Crippen molar-refractivity contribution in [1.82, 2.24) is 4.90 Å². The van der Waals surface area contributed by atoms with Crippen LogP contribution in [0.25, 0.3) is 0 Å². The number of amides is 1. The first kappa shape index (κ1) is 15.4. The standard InChI is InChI=1S/C17H25NOS/c1-4-15-7-5-6-10-18(15)17(19)12-20-16-11-13(2)8-9-14(16)3/h8-9,11,15H,4-7,10,12H2,1-3H3. The van der Waals surface area contributed by atoms with Gasteiger partial charge in [0.05, 0.1) is 5.75 Å². The third-order valence-electron chi connectivity index (χ3n) is 4.11. The second-order valence-corrected chi connectivity index (χ2v) is 6.72. The van der Waals surface area contributed by atoms with Crippen molar-refractivity contribution in [3.8, 4) is 0 Å². The van der Waals surface area contributed by atoms with Crippen LogP contribution in [-0.2, 0) is 4.79 Å². The summed E-state index contributed by atoms with van der Waals surface area (Å²) in [5.74, 6) is 0.878. The van der Waals surface area contributed by atoms with Crippen LogP contribution in [0.5, 0.6) is 0 Å². The van der Waals surface area contributed by atoms with Gasteiger partial charge in [0.25, 0.3) is 0 Å². The lowest BCUT2D eigenvalue weighted by Gasteiger charge is -2.35. The van der Waals surface area contributed by atoms with Crippen LogP contribution in [0.2, 0.25) is 0 Å². The number of rotatable bonds is 4. The van der Waals surface area contributed by atoms with Crippen LogP contribution in [-0.4, -0.2) is 29.1 Å². The first-order chi connectivity index (χ1) is 9.61. The summed E-state index contributed by atoms with van der Waals surface area (Å²) in [6.45, 7) is 7.35. The molecule has 0 spiro atoms. The number of hydrogen-bond acceptors (Lipinski definition) is 2. The van der Waals surface area contributed by atoms with Gasteiger partial charge in [-0.25, -0.2) is 0 Å². The van der Waals surface area contributed by atoms with E-state index in [1.807, 2.05) is 0 Å². The van der Waals surface area contributed by atoms with Gasteiger partial charge in [-0.05, 0) is 51.2 Å². The number of aryl methyl sites for hydroxylation is 2. The molecule has 1 aromatic rings. The van der Waals surface area contributed by atoms with Gasteiger partial charge in [-0.1, -0.05) is 24.6 Å². The van der Waals surface area contributed by atoms with E-state index in [4.69, 9.17) is 0 Å². The number of carbonyl (C=O) groups is 1. The van der Waals surface area contributed by atoms with Crippen LogP contribution in [0.1, 0.15) is 43.7 Å². The maximum atomic E-state index is 12.4. The van der Waals surface area contributed by atoms with E-state index in [-0.39, 0.29) is 0 Å². The average molecular weight is 291 g/mol. The molecule has 1 aliphatic heterocycles. The zero-order valence-corrected chi connectivity index (χ0v) is 13.6. The molecule has 1 aromatic carbocycles. The van der Waals surface area contributed by atoms with E-state index in [2.05, 4.69) is 43.9 Å². The van der Waals surface area contributed by atoms with Crippen molar-refractivity contribution < 1.29 is 4.79 Å². The van der Waals surface area contributed by atoms with Crippen molar-refractivity contribution in [3.63, 3.8) is 0 Å². The van der Waals surface area contributed by atoms with Crippen molar-refractivity contribution in [2.24, 2.45) is 0 Å². The highest BCUT2D eigenvalue weighted by Gasteiger charge is 2.25. The van der Waals surface area contributed by atoms with Crippen molar-refractivity contribution in [1.29, 1.82) is 0 Å². The van der Waals surface area contributed by atoms with Crippen LogP contribution >= 0.6 is 11.8 Å². The van der Waals surface area contributed by atoms with Gasteiger partial charge in [0.2, 0.25) is 5.91 Å². The Bertz CT molecular complexity index is 472. The third kappa shape index (κ3) is 3.78. The highest BCUT2D eigenvalue weighted by molar-refractivity contribution is 8.00. The number of nitrogens with zero attached hydrogens (tertiary/aromatic N) is 1. The van der Waals surface area contributed by atoms with E-state index in [0.717, 1.165) is 19.4 Å². The molecule has 2 rings (SSSR count). The molecule has 1 atom stereocenters. The first-order valence-corrected chi connectivity index (χ1v) is 8.60. The van der Waals surface area contributed by atoms with Crippen LogP contribution in [0, 0.1) is 13.8 Å². The van der Waals surface area contributed by atoms with Gasteiger partial charge in [-0.3, -0.25) is 4.79 Å². The normalized spacial score (nSPS) is 19.1. The zero-order valence-electron chi connectivity index (χ0n) is 12.8. The Morgan fingerprint density at radius 1 is 1.35 bits per heavy atom. The zero-order chi connectivity index (χ0) is 14.5. The fraction of sp³-hybridized carbons (Fsp3) is 0.588. The lowest BCUT2D eigenvalue weighted by atomic mass is 10.0. The molecule has 0 radical (unpaired) electrons. The summed E-state index contributed by atoms with van der Waals surface area (Å²) in [4.78, 5) is 15.8. The Hall–Kier alpha value is -0.960. The third-order valence-corrected chi connectivity index (χ3v) is 5.26. The van der Waals surface area contributed by atoms with Gasteiger partial charge >= 0.3 is 0 Å². The Kier molecular flexibility index (Phi) is 5.53. The largest absolute Gasteiger partial charge is 0.339 e. The number of likely N-dealkylation sites (tertiary alicyclic amines) is 1. The molecule has 1 unspecified atom stereocenters. The molecule has 0 aromatic heterocycles. The molecule has 0 N–H and O–H groups in total. The quantitative estimate of drug-likeness (QED) is 0.775. The molecule has 110 valence electrons. The van der Waals surface area contributed by atoms with Crippen molar-refractivity contribution in [2.75, 3.05) is 12.3 Å². The molecule has 1 amide bonds. The Balaban J connectivity index is 1.95. The molecule has 1 saturated heterocycles. The molecule has 0 aliphatic carbocycles. The summed E-state index contributed by atoms with van der Waals surface area (Å²) in [7, 11) is 0. The van der Waals surface area contributed by atoms with Crippen LogP contribution in [0.4, 0.5) is 0 Å². The van der Waals surface area contributed by atoms with Crippen molar-refractivity contribution >= 4 is 17.7 Å². The Morgan fingerprint density at radius 3 is 2.90 bits per heavy atom.